The number of anilines is 1. The average Bonchev–Trinajstić information content (AvgIpc) is 3.51. The summed E-state index contributed by atoms with van der Waals surface area (Å²) in [6, 6.07) is 21.4. The SMILES string of the molecule is Cc1ccc(-c2ccc(/C=C/C(=O)NC(=S)Nc3ccc(-c4nc5ccccc5o4)c(O)c3)o2)cc1Cl. The predicted molar refractivity (Wildman–Crippen MR) is 148 cm³/mol. The van der Waals surface area contributed by atoms with Crippen LogP contribution in [-0.4, -0.2) is 21.1 Å². The third kappa shape index (κ3) is 5.55. The lowest BCUT2D eigenvalue weighted by Gasteiger charge is -2.09. The smallest absolute Gasteiger partial charge is 0.250 e. The maximum atomic E-state index is 12.3. The molecule has 5 aromatic rings. The van der Waals surface area contributed by atoms with E-state index in [-0.39, 0.29) is 10.9 Å². The summed E-state index contributed by atoms with van der Waals surface area (Å²) >= 11 is 11.4. The van der Waals surface area contributed by atoms with E-state index in [0.717, 1.165) is 11.1 Å². The largest absolute Gasteiger partial charge is 0.507 e. The van der Waals surface area contributed by atoms with Gasteiger partial charge in [-0.3, -0.25) is 10.1 Å². The summed E-state index contributed by atoms with van der Waals surface area (Å²) in [6.07, 6.45) is 2.85. The number of nitrogens with one attached hydrogen (secondary N) is 2. The van der Waals surface area contributed by atoms with Crippen LogP contribution in [0.4, 0.5) is 5.69 Å². The van der Waals surface area contributed by atoms with Gasteiger partial charge in [0.2, 0.25) is 11.8 Å². The van der Waals surface area contributed by atoms with E-state index in [0.29, 0.717) is 44.8 Å². The second-order valence-electron chi connectivity index (χ2n) is 8.16. The lowest BCUT2D eigenvalue weighted by Crippen LogP contribution is -2.32. The molecule has 0 spiro atoms. The van der Waals surface area contributed by atoms with Gasteiger partial charge in [0.05, 0.1) is 5.56 Å². The van der Waals surface area contributed by atoms with Crippen molar-refractivity contribution < 1.29 is 18.7 Å². The Balaban J connectivity index is 1.19. The van der Waals surface area contributed by atoms with E-state index < -0.39 is 5.91 Å². The molecule has 2 aromatic heterocycles. The van der Waals surface area contributed by atoms with Crippen LogP contribution in [0.3, 0.4) is 0 Å². The van der Waals surface area contributed by atoms with Crippen molar-refractivity contribution in [3.8, 4) is 28.5 Å². The number of nitrogens with zero attached hydrogens (tertiary/aromatic N) is 1. The monoisotopic (exact) mass is 529 g/mol. The summed E-state index contributed by atoms with van der Waals surface area (Å²) in [4.78, 5) is 16.7. The molecule has 1 amide bonds. The first-order valence-electron chi connectivity index (χ1n) is 11.2. The molecule has 9 heteroatoms. The molecule has 184 valence electrons. The van der Waals surface area contributed by atoms with Gasteiger partial charge in [0, 0.05) is 28.4 Å². The van der Waals surface area contributed by atoms with Crippen LogP contribution < -0.4 is 10.6 Å². The van der Waals surface area contributed by atoms with E-state index in [1.54, 1.807) is 24.3 Å². The fraction of sp³-hybridized carbons (Fsp3) is 0.0357. The molecule has 0 radical (unpaired) electrons. The van der Waals surface area contributed by atoms with Gasteiger partial charge in [-0.25, -0.2) is 4.98 Å². The first-order chi connectivity index (χ1) is 17.9. The molecule has 0 aliphatic rings. The number of benzene rings is 3. The minimum atomic E-state index is -0.443. The van der Waals surface area contributed by atoms with E-state index in [1.165, 1.54) is 18.2 Å². The van der Waals surface area contributed by atoms with E-state index in [4.69, 9.17) is 32.7 Å². The third-order valence-corrected chi connectivity index (χ3v) is 6.11. The normalized spacial score (nSPS) is 11.2. The number of rotatable bonds is 5. The molecule has 0 bridgehead atoms. The molecule has 0 saturated heterocycles. The highest BCUT2D eigenvalue weighted by atomic mass is 35.5. The third-order valence-electron chi connectivity index (χ3n) is 5.50. The molecule has 0 unspecified atom stereocenters. The van der Waals surface area contributed by atoms with E-state index in [2.05, 4.69) is 15.6 Å². The van der Waals surface area contributed by atoms with Gasteiger partial charge in [0.15, 0.2) is 10.7 Å². The van der Waals surface area contributed by atoms with Crippen molar-refractivity contribution in [2.75, 3.05) is 5.32 Å². The number of hydrogen-bond acceptors (Lipinski definition) is 6. The fourth-order valence-corrected chi connectivity index (χ4v) is 3.99. The van der Waals surface area contributed by atoms with Crippen LogP contribution >= 0.6 is 23.8 Å². The standard InChI is InChI=1S/C28H20ClN3O4S/c1-16-6-7-17(14-21(16)29)24-12-9-19(35-24)10-13-26(34)32-28(37)30-18-8-11-20(23(33)15-18)27-31-22-4-2-3-5-25(22)36-27/h2-15,33H,1H3,(H2,30,32,34,37)/b13-10+. The zero-order chi connectivity index (χ0) is 25.9. The second kappa shape index (κ2) is 10.3. The summed E-state index contributed by atoms with van der Waals surface area (Å²) in [7, 11) is 0. The number of phenols is 1. The van der Waals surface area contributed by atoms with Crippen LogP contribution in [0.1, 0.15) is 11.3 Å². The number of carbonyl (C=O) groups is 1. The Bertz CT molecular complexity index is 1640. The van der Waals surface area contributed by atoms with Crippen LogP contribution in [-0.2, 0) is 4.79 Å². The lowest BCUT2D eigenvalue weighted by atomic mass is 10.1. The van der Waals surface area contributed by atoms with E-state index in [1.807, 2.05) is 49.4 Å². The molecule has 0 aliphatic heterocycles. The Kier molecular flexibility index (Phi) is 6.76. The molecule has 0 aliphatic carbocycles. The second-order valence-corrected chi connectivity index (χ2v) is 8.98. The molecule has 0 atom stereocenters. The van der Waals surface area contributed by atoms with Crippen molar-refractivity contribution in [3.05, 3.63) is 95.2 Å². The lowest BCUT2D eigenvalue weighted by molar-refractivity contribution is -0.115. The van der Waals surface area contributed by atoms with Gasteiger partial charge in [0.25, 0.3) is 0 Å². The molecule has 0 fully saturated rings. The molecule has 7 nitrogen and oxygen atoms in total. The Morgan fingerprint density at radius 2 is 1.89 bits per heavy atom. The summed E-state index contributed by atoms with van der Waals surface area (Å²) in [5.41, 5.74) is 4.07. The van der Waals surface area contributed by atoms with Crippen LogP contribution in [0, 0.1) is 6.92 Å². The maximum Gasteiger partial charge on any atom is 0.250 e. The number of aromatic hydroxyl groups is 1. The van der Waals surface area contributed by atoms with Crippen molar-refractivity contribution in [2.45, 2.75) is 6.92 Å². The number of aromatic nitrogens is 1. The predicted octanol–water partition coefficient (Wildman–Crippen LogP) is 6.95. The quantitative estimate of drug-likeness (QED) is 0.167. The van der Waals surface area contributed by atoms with Crippen molar-refractivity contribution >= 4 is 57.7 Å². The number of fused-ring (bicyclic) bond motifs is 1. The Hall–Kier alpha value is -4.40. The summed E-state index contributed by atoms with van der Waals surface area (Å²) in [6.45, 7) is 1.93. The summed E-state index contributed by atoms with van der Waals surface area (Å²) < 4.78 is 11.5. The van der Waals surface area contributed by atoms with Gasteiger partial charge in [-0.1, -0.05) is 35.9 Å². The Labute approximate surface area is 222 Å². The molecule has 3 N–H and O–H groups in total. The van der Waals surface area contributed by atoms with Gasteiger partial charge in [-0.2, -0.15) is 0 Å². The first kappa shape index (κ1) is 24.3. The number of hydrogen-bond donors (Lipinski definition) is 3. The number of aryl methyl sites for hydroxylation is 1. The van der Waals surface area contributed by atoms with Gasteiger partial charge in [-0.15, -0.1) is 0 Å². The van der Waals surface area contributed by atoms with Crippen LogP contribution in [0.25, 0.3) is 40.0 Å². The topological polar surface area (TPSA) is 101 Å². The van der Waals surface area contributed by atoms with Gasteiger partial charge >= 0.3 is 0 Å². The number of para-hydroxylation sites is 2. The summed E-state index contributed by atoms with van der Waals surface area (Å²) in [5.74, 6) is 0.953. The number of halogens is 1. The number of phenolic OH excluding ortho intramolecular Hbond substituents is 1. The van der Waals surface area contributed by atoms with Crippen molar-refractivity contribution in [1.82, 2.24) is 10.3 Å². The fourth-order valence-electron chi connectivity index (χ4n) is 3.60. The molecule has 5 rings (SSSR count). The zero-order valence-corrected chi connectivity index (χ0v) is 21.1. The first-order valence-corrected chi connectivity index (χ1v) is 12.0. The Morgan fingerprint density at radius 3 is 2.68 bits per heavy atom. The minimum absolute atomic E-state index is 0.0472. The highest BCUT2D eigenvalue weighted by molar-refractivity contribution is 7.80. The van der Waals surface area contributed by atoms with Crippen LogP contribution in [0.15, 0.2) is 87.7 Å². The van der Waals surface area contributed by atoms with Crippen molar-refractivity contribution in [1.29, 1.82) is 0 Å². The number of oxazole rings is 1. The van der Waals surface area contributed by atoms with Gasteiger partial charge in [0.1, 0.15) is 22.8 Å². The van der Waals surface area contributed by atoms with E-state index >= 15 is 0 Å². The van der Waals surface area contributed by atoms with Gasteiger partial charge < -0.3 is 19.3 Å². The number of thiocarbonyl (C=S) groups is 1. The highest BCUT2D eigenvalue weighted by Crippen LogP contribution is 2.33. The molecule has 37 heavy (non-hydrogen) atoms. The molecule has 2 heterocycles. The van der Waals surface area contributed by atoms with Crippen LogP contribution in [0.5, 0.6) is 5.75 Å². The van der Waals surface area contributed by atoms with E-state index in [9.17, 15) is 9.90 Å². The minimum Gasteiger partial charge on any atom is -0.507 e. The molecular formula is C28H20ClN3O4S. The highest BCUT2D eigenvalue weighted by Gasteiger charge is 2.13. The maximum absolute atomic E-state index is 12.3. The summed E-state index contributed by atoms with van der Waals surface area (Å²) in [5, 5.41) is 16.6. The molecular weight excluding hydrogens is 510 g/mol. The van der Waals surface area contributed by atoms with Crippen molar-refractivity contribution in [2.24, 2.45) is 0 Å². The molecule has 3 aromatic carbocycles. The zero-order valence-electron chi connectivity index (χ0n) is 19.5. The molecule has 0 saturated carbocycles. The number of amides is 1. The van der Waals surface area contributed by atoms with Crippen molar-refractivity contribution in [3.63, 3.8) is 0 Å². The van der Waals surface area contributed by atoms with Gasteiger partial charge in [-0.05, 0) is 73.2 Å². The number of carbonyl (C=O) groups excluding carboxylic acids is 1. The number of furan rings is 1. The Morgan fingerprint density at radius 1 is 1.05 bits per heavy atom. The van der Waals surface area contributed by atoms with Crippen LogP contribution in [0.2, 0.25) is 5.02 Å². The average molecular weight is 530 g/mol.